The second-order valence-electron chi connectivity index (χ2n) is 4.29. The highest BCUT2D eigenvalue weighted by Crippen LogP contribution is 2.23. The van der Waals surface area contributed by atoms with Crippen molar-refractivity contribution in [3.05, 3.63) is 0 Å². The molecule has 0 aromatic carbocycles. The van der Waals surface area contributed by atoms with E-state index in [0.717, 1.165) is 12.8 Å². The van der Waals surface area contributed by atoms with Crippen LogP contribution in [0.25, 0.3) is 0 Å². The summed E-state index contributed by atoms with van der Waals surface area (Å²) in [6, 6.07) is 0. The van der Waals surface area contributed by atoms with Crippen molar-refractivity contribution in [2.45, 2.75) is 71.0 Å². The summed E-state index contributed by atoms with van der Waals surface area (Å²) in [7, 11) is -3.59. The van der Waals surface area contributed by atoms with Crippen LogP contribution in [-0.2, 0) is 18.8 Å². The van der Waals surface area contributed by atoms with E-state index in [1.165, 1.54) is 38.5 Å². The summed E-state index contributed by atoms with van der Waals surface area (Å²) in [5.41, 5.74) is 0. The molecule has 1 rings (SSSR count). The maximum atomic E-state index is 10.5. The van der Waals surface area contributed by atoms with Crippen molar-refractivity contribution in [2.75, 3.05) is 0 Å². The van der Waals surface area contributed by atoms with Crippen LogP contribution < -0.4 is 0 Å². The van der Waals surface area contributed by atoms with Gasteiger partial charge in [-0.3, -0.25) is 0 Å². The molecule has 5 heteroatoms. The van der Waals surface area contributed by atoms with Crippen molar-refractivity contribution in [1.82, 2.24) is 0 Å². The smallest absolute Gasteiger partial charge is 0.215 e. The van der Waals surface area contributed by atoms with E-state index in [-0.39, 0.29) is 0 Å². The quantitative estimate of drug-likeness (QED) is 0.590. The van der Waals surface area contributed by atoms with Crippen molar-refractivity contribution in [1.29, 1.82) is 0 Å². The molecule has 4 nitrogen and oxygen atoms in total. The number of hydrogen-bond acceptors (Lipinski definition) is 4. The van der Waals surface area contributed by atoms with Crippen LogP contribution in [0.3, 0.4) is 0 Å². The molecule has 0 aromatic rings. The molecule has 0 saturated carbocycles. The molecule has 96 valence electrons. The number of hydrogen-bond donors (Lipinski definition) is 0. The predicted molar refractivity (Wildman–Crippen MR) is 62.1 cm³/mol. The molecule has 0 unspecified atom stereocenters. The molecule has 16 heavy (non-hydrogen) atoms. The van der Waals surface area contributed by atoms with E-state index >= 15 is 0 Å². The molecule has 0 radical (unpaired) electrons. The Balaban J connectivity index is 1.79. The lowest BCUT2D eigenvalue weighted by Gasteiger charge is -2.24. The van der Waals surface area contributed by atoms with Crippen molar-refractivity contribution < 1.29 is 16.8 Å². The van der Waals surface area contributed by atoms with E-state index in [2.05, 4.69) is 15.3 Å². The molecule has 0 aromatic heterocycles. The van der Waals surface area contributed by atoms with E-state index in [4.69, 9.17) is 0 Å². The number of unbranched alkanes of at least 4 members (excludes halogenated alkanes) is 7. The Hall–Kier alpha value is -0.130. The highest BCUT2D eigenvalue weighted by atomic mass is 32.3. The molecule has 0 amide bonds. The van der Waals surface area contributed by atoms with Gasteiger partial charge < -0.3 is 0 Å². The first-order valence-electron chi connectivity index (χ1n) is 6.25. The van der Waals surface area contributed by atoms with E-state index in [0.29, 0.717) is 6.42 Å². The zero-order chi connectivity index (χ0) is 11.9. The third-order valence-electron chi connectivity index (χ3n) is 2.74. The van der Waals surface area contributed by atoms with Crippen LogP contribution in [0, 0.1) is 0 Å². The van der Waals surface area contributed by atoms with Crippen molar-refractivity contribution in [3.63, 3.8) is 0 Å². The van der Waals surface area contributed by atoms with Gasteiger partial charge in [-0.1, -0.05) is 51.9 Å². The van der Waals surface area contributed by atoms with Crippen molar-refractivity contribution in [2.24, 2.45) is 0 Å². The summed E-state index contributed by atoms with van der Waals surface area (Å²) >= 11 is 0. The van der Waals surface area contributed by atoms with Gasteiger partial charge in [0.05, 0.1) is 0 Å². The predicted octanol–water partition coefficient (Wildman–Crippen LogP) is 3.13. The molecule has 0 aliphatic carbocycles. The van der Waals surface area contributed by atoms with Crippen LogP contribution in [0.4, 0.5) is 0 Å². The summed E-state index contributed by atoms with van der Waals surface area (Å²) in [6.45, 7) is 2.21. The maximum absolute atomic E-state index is 10.5. The maximum Gasteiger partial charge on any atom is 0.404 e. The van der Waals surface area contributed by atoms with Gasteiger partial charge in [-0.25, -0.2) is 8.37 Å². The minimum Gasteiger partial charge on any atom is -0.215 e. The average molecular weight is 250 g/mol. The van der Waals surface area contributed by atoms with Crippen molar-refractivity contribution >= 4 is 10.4 Å². The first-order chi connectivity index (χ1) is 7.64. The summed E-state index contributed by atoms with van der Waals surface area (Å²) in [5.74, 6) is 0. The van der Waals surface area contributed by atoms with E-state index in [9.17, 15) is 8.42 Å². The Labute approximate surface area is 98.7 Å². The van der Waals surface area contributed by atoms with Crippen LogP contribution in [0.2, 0.25) is 0 Å². The Morgan fingerprint density at radius 2 is 1.38 bits per heavy atom. The van der Waals surface area contributed by atoms with Gasteiger partial charge in [-0.05, 0) is 6.42 Å². The minimum absolute atomic E-state index is 0.509. The van der Waals surface area contributed by atoms with Gasteiger partial charge in [0.25, 0.3) is 0 Å². The molecular formula is C11H22O4S. The zero-order valence-electron chi connectivity index (χ0n) is 9.98. The lowest BCUT2D eigenvalue weighted by atomic mass is 10.1. The molecule has 1 fully saturated rings. The molecule has 1 saturated heterocycles. The zero-order valence-corrected chi connectivity index (χ0v) is 10.8. The largest absolute Gasteiger partial charge is 0.404 e. The molecule has 0 spiro atoms. The van der Waals surface area contributed by atoms with Crippen LogP contribution in [0.1, 0.15) is 64.7 Å². The highest BCUT2D eigenvalue weighted by molar-refractivity contribution is 7.82. The molecule has 1 aliphatic heterocycles. The fraction of sp³-hybridized carbons (Fsp3) is 1.00. The summed E-state index contributed by atoms with van der Waals surface area (Å²) in [4.78, 5) is 0. The summed E-state index contributed by atoms with van der Waals surface area (Å²) < 4.78 is 30.0. The molecular weight excluding hydrogens is 228 g/mol. The standard InChI is InChI=1S/C11H22O4S/c1-2-3-4-5-6-7-8-9-10-11-14-16(12,13)15-11/h11H,2-10H2,1H3. The lowest BCUT2D eigenvalue weighted by Crippen LogP contribution is -2.35. The van der Waals surface area contributed by atoms with Gasteiger partial charge in [-0.15, -0.1) is 0 Å². The second-order valence-corrected chi connectivity index (χ2v) is 5.50. The Morgan fingerprint density at radius 3 is 1.88 bits per heavy atom. The van der Waals surface area contributed by atoms with Crippen LogP contribution in [0.5, 0.6) is 0 Å². The van der Waals surface area contributed by atoms with E-state index in [1.54, 1.807) is 0 Å². The minimum atomic E-state index is -3.59. The van der Waals surface area contributed by atoms with Gasteiger partial charge in [0.1, 0.15) is 0 Å². The van der Waals surface area contributed by atoms with Crippen LogP contribution >= 0.6 is 0 Å². The van der Waals surface area contributed by atoms with Gasteiger partial charge in [0.2, 0.25) is 0 Å². The fourth-order valence-electron chi connectivity index (χ4n) is 1.81. The van der Waals surface area contributed by atoms with Crippen LogP contribution in [-0.4, -0.2) is 14.7 Å². The molecule has 0 atom stereocenters. The van der Waals surface area contributed by atoms with E-state index < -0.39 is 16.7 Å². The normalized spacial score (nSPS) is 19.6. The second kappa shape index (κ2) is 7.25. The Morgan fingerprint density at radius 1 is 0.875 bits per heavy atom. The van der Waals surface area contributed by atoms with Gasteiger partial charge in [0.15, 0.2) is 6.29 Å². The first kappa shape index (κ1) is 13.9. The summed E-state index contributed by atoms with van der Waals surface area (Å²) in [6.07, 6.45) is 10.1. The first-order valence-corrected chi connectivity index (χ1v) is 7.59. The average Bonchev–Trinajstić information content (AvgIpc) is 2.19. The topological polar surface area (TPSA) is 52.6 Å². The monoisotopic (exact) mass is 250 g/mol. The van der Waals surface area contributed by atoms with Gasteiger partial charge in [0, 0.05) is 6.42 Å². The van der Waals surface area contributed by atoms with Crippen molar-refractivity contribution in [3.8, 4) is 0 Å². The molecule has 1 heterocycles. The van der Waals surface area contributed by atoms with E-state index in [1.807, 2.05) is 0 Å². The molecule has 1 aliphatic rings. The Kier molecular flexibility index (Phi) is 6.31. The summed E-state index contributed by atoms with van der Waals surface area (Å²) in [5, 5.41) is 0. The lowest BCUT2D eigenvalue weighted by molar-refractivity contribution is -0.0842. The molecule has 0 N–H and O–H groups in total. The third-order valence-corrected chi connectivity index (χ3v) is 3.64. The third kappa shape index (κ3) is 5.82. The highest BCUT2D eigenvalue weighted by Gasteiger charge is 2.35. The fourth-order valence-corrected chi connectivity index (χ4v) is 2.54. The van der Waals surface area contributed by atoms with Crippen LogP contribution in [0.15, 0.2) is 0 Å². The van der Waals surface area contributed by atoms with Gasteiger partial charge >= 0.3 is 10.4 Å². The number of rotatable bonds is 9. The Bertz CT molecular complexity index is 262. The molecule has 0 bridgehead atoms. The van der Waals surface area contributed by atoms with Gasteiger partial charge in [-0.2, -0.15) is 8.42 Å². The SMILES string of the molecule is CCCCCCCCCCC1OS(=O)(=O)O1.